The molecule has 2 aromatic carbocycles. The number of ether oxygens (including phenoxy) is 1. The molecule has 0 radical (unpaired) electrons. The molecule has 0 fully saturated rings. The number of aromatic nitrogens is 1. The van der Waals surface area contributed by atoms with Crippen LogP contribution in [0, 0.1) is 5.82 Å². The van der Waals surface area contributed by atoms with Crippen LogP contribution in [-0.2, 0) is 20.9 Å². The number of rotatable bonds is 6. The highest BCUT2D eigenvalue weighted by molar-refractivity contribution is 6.39. The number of ketones is 1. The first-order valence-electron chi connectivity index (χ1n) is 8.89. The van der Waals surface area contributed by atoms with Crippen molar-refractivity contribution in [3.63, 3.8) is 0 Å². The second-order valence-electron chi connectivity index (χ2n) is 6.26. The Morgan fingerprint density at radius 3 is 2.52 bits per heavy atom. The average molecular weight is 395 g/mol. The van der Waals surface area contributed by atoms with Crippen LogP contribution in [0.15, 0.2) is 65.6 Å². The molecular weight excluding hydrogens is 377 g/mol. The summed E-state index contributed by atoms with van der Waals surface area (Å²) in [6.45, 7) is 1.86. The number of aliphatic hydroxyl groups excluding tert-OH is 1. The van der Waals surface area contributed by atoms with Crippen molar-refractivity contribution in [2.45, 2.75) is 13.5 Å². The van der Waals surface area contributed by atoms with E-state index in [9.17, 15) is 23.9 Å². The first-order chi connectivity index (χ1) is 13.9. The third kappa shape index (κ3) is 4.40. The van der Waals surface area contributed by atoms with Gasteiger partial charge in [0.05, 0.1) is 17.7 Å². The summed E-state index contributed by atoms with van der Waals surface area (Å²) in [6, 6.07) is 12.7. The van der Waals surface area contributed by atoms with E-state index in [2.05, 4.69) is 4.74 Å². The Labute approximate surface area is 165 Å². The predicted octanol–water partition coefficient (Wildman–Crippen LogP) is 3.22. The van der Waals surface area contributed by atoms with Gasteiger partial charge in [0, 0.05) is 24.2 Å². The molecule has 7 heteroatoms. The van der Waals surface area contributed by atoms with Crippen LogP contribution in [0.4, 0.5) is 4.39 Å². The fourth-order valence-corrected chi connectivity index (χ4v) is 2.91. The van der Waals surface area contributed by atoms with E-state index in [0.29, 0.717) is 23.5 Å². The smallest absolute Gasteiger partial charge is 0.379 e. The second kappa shape index (κ2) is 8.52. The van der Waals surface area contributed by atoms with E-state index >= 15 is 0 Å². The topological polar surface area (TPSA) is 85.6 Å². The average Bonchev–Trinajstić information content (AvgIpc) is 2.71. The molecule has 1 heterocycles. The van der Waals surface area contributed by atoms with Crippen LogP contribution < -0.4 is 5.43 Å². The normalized spacial score (nSPS) is 11.4. The molecule has 0 saturated carbocycles. The molecule has 1 aromatic heterocycles. The summed E-state index contributed by atoms with van der Waals surface area (Å²) in [7, 11) is 0. The quantitative estimate of drug-likeness (QED) is 0.300. The first kappa shape index (κ1) is 20.0. The van der Waals surface area contributed by atoms with E-state index in [0.717, 1.165) is 5.56 Å². The maximum absolute atomic E-state index is 13.2. The van der Waals surface area contributed by atoms with E-state index in [1.807, 2.05) is 0 Å². The van der Waals surface area contributed by atoms with Gasteiger partial charge in [-0.3, -0.25) is 9.59 Å². The lowest BCUT2D eigenvalue weighted by molar-refractivity contribution is -0.151. The third-order valence-electron chi connectivity index (χ3n) is 4.27. The van der Waals surface area contributed by atoms with E-state index in [-0.39, 0.29) is 18.0 Å². The predicted molar refractivity (Wildman–Crippen MR) is 106 cm³/mol. The molecule has 3 aromatic rings. The molecule has 0 bridgehead atoms. The highest BCUT2D eigenvalue weighted by atomic mass is 19.1. The number of fused-ring (bicyclic) bond motifs is 1. The number of nitrogens with zero attached hydrogens (tertiary/aromatic N) is 1. The summed E-state index contributed by atoms with van der Waals surface area (Å²) in [5, 5.41) is 10.7. The number of hydrogen-bond acceptors (Lipinski definition) is 5. The van der Waals surface area contributed by atoms with Crippen molar-refractivity contribution in [1.82, 2.24) is 4.57 Å². The largest absolute Gasteiger partial charge is 0.507 e. The van der Waals surface area contributed by atoms with Crippen LogP contribution in [0.2, 0.25) is 0 Å². The van der Waals surface area contributed by atoms with Crippen molar-refractivity contribution in [2.24, 2.45) is 0 Å². The molecule has 1 N–H and O–H groups in total. The van der Waals surface area contributed by atoms with Crippen LogP contribution in [0.3, 0.4) is 0 Å². The van der Waals surface area contributed by atoms with Gasteiger partial charge in [-0.15, -0.1) is 0 Å². The Balaban J connectivity index is 2.09. The Morgan fingerprint density at radius 1 is 1.14 bits per heavy atom. The minimum Gasteiger partial charge on any atom is -0.507 e. The van der Waals surface area contributed by atoms with Crippen molar-refractivity contribution in [3.05, 3.63) is 88.0 Å². The highest BCUT2D eigenvalue weighted by Gasteiger charge is 2.17. The molecule has 0 spiro atoms. The van der Waals surface area contributed by atoms with E-state index < -0.39 is 22.9 Å². The summed E-state index contributed by atoms with van der Waals surface area (Å²) in [5.41, 5.74) is 0.761. The van der Waals surface area contributed by atoms with Gasteiger partial charge in [0.2, 0.25) is 0 Å². The maximum Gasteiger partial charge on any atom is 0.379 e. The summed E-state index contributed by atoms with van der Waals surface area (Å²) in [5.74, 6) is -3.18. The summed E-state index contributed by atoms with van der Waals surface area (Å²) in [6.07, 6.45) is 2.07. The maximum atomic E-state index is 13.2. The van der Waals surface area contributed by atoms with Crippen molar-refractivity contribution >= 4 is 28.4 Å². The Bertz CT molecular complexity index is 1160. The van der Waals surface area contributed by atoms with Gasteiger partial charge in [-0.2, -0.15) is 0 Å². The second-order valence-corrected chi connectivity index (χ2v) is 6.26. The van der Waals surface area contributed by atoms with Gasteiger partial charge in [-0.05, 0) is 36.8 Å². The van der Waals surface area contributed by atoms with Crippen LogP contribution in [0.1, 0.15) is 18.1 Å². The lowest BCUT2D eigenvalue weighted by Gasteiger charge is -2.13. The first-order valence-corrected chi connectivity index (χ1v) is 8.89. The Hall–Kier alpha value is -3.74. The molecule has 0 unspecified atom stereocenters. The van der Waals surface area contributed by atoms with Gasteiger partial charge in [-0.25, -0.2) is 9.18 Å². The Morgan fingerprint density at radius 2 is 1.83 bits per heavy atom. The minimum atomic E-state index is -1.12. The lowest BCUT2D eigenvalue weighted by Crippen LogP contribution is -2.18. The van der Waals surface area contributed by atoms with Gasteiger partial charge in [-0.1, -0.05) is 24.3 Å². The molecule has 29 heavy (non-hydrogen) atoms. The lowest BCUT2D eigenvalue weighted by atomic mass is 10.1. The van der Waals surface area contributed by atoms with Crippen molar-refractivity contribution < 1.29 is 23.8 Å². The van der Waals surface area contributed by atoms with Crippen molar-refractivity contribution in [3.8, 4) is 0 Å². The molecule has 0 atom stereocenters. The zero-order valence-electron chi connectivity index (χ0n) is 15.6. The number of pyridine rings is 1. The van der Waals surface area contributed by atoms with Crippen LogP contribution >= 0.6 is 0 Å². The highest BCUT2D eigenvalue weighted by Crippen LogP contribution is 2.17. The molecule has 0 saturated heterocycles. The SMILES string of the molecule is CCOC(=O)C(=O)/C=C(\O)c1cn(Cc2ccc(F)cc2)c2ccccc2c1=O. The van der Waals surface area contributed by atoms with Gasteiger partial charge in [0.25, 0.3) is 5.78 Å². The number of benzene rings is 2. The zero-order valence-corrected chi connectivity index (χ0v) is 15.6. The van der Waals surface area contributed by atoms with Crippen LogP contribution in [-0.4, -0.2) is 28.0 Å². The van der Waals surface area contributed by atoms with Gasteiger partial charge in [0.1, 0.15) is 11.6 Å². The number of aliphatic hydroxyl groups is 1. The van der Waals surface area contributed by atoms with E-state index in [1.165, 1.54) is 18.3 Å². The van der Waals surface area contributed by atoms with Crippen LogP contribution in [0.5, 0.6) is 0 Å². The standard InChI is InChI=1S/C22H18FNO5/c1-2-29-22(28)20(26)11-19(25)17-13-24(12-14-7-9-15(23)10-8-14)18-6-4-3-5-16(18)21(17)27/h3-11,13,25H,2,12H2,1H3/b19-11-. The summed E-state index contributed by atoms with van der Waals surface area (Å²) < 4.78 is 19.5. The fourth-order valence-electron chi connectivity index (χ4n) is 2.91. The van der Waals surface area contributed by atoms with Gasteiger partial charge >= 0.3 is 5.97 Å². The number of esters is 1. The number of hydrogen-bond donors (Lipinski definition) is 1. The number of carbonyl (C=O) groups is 2. The number of halogens is 1. The fraction of sp³-hybridized carbons (Fsp3) is 0.136. The summed E-state index contributed by atoms with van der Waals surface area (Å²) in [4.78, 5) is 36.2. The van der Waals surface area contributed by atoms with Gasteiger partial charge in [0.15, 0.2) is 5.43 Å². The molecule has 0 amide bonds. The molecular formula is C22H18FNO5. The van der Waals surface area contributed by atoms with E-state index in [4.69, 9.17) is 0 Å². The van der Waals surface area contributed by atoms with Gasteiger partial charge < -0.3 is 14.4 Å². The molecule has 0 aliphatic heterocycles. The molecule has 148 valence electrons. The number of para-hydroxylation sites is 1. The van der Waals surface area contributed by atoms with E-state index in [1.54, 1.807) is 47.9 Å². The summed E-state index contributed by atoms with van der Waals surface area (Å²) >= 11 is 0. The number of carbonyl (C=O) groups excluding carboxylic acids is 2. The Kier molecular flexibility index (Phi) is 5.87. The zero-order chi connectivity index (χ0) is 21.0. The van der Waals surface area contributed by atoms with Crippen molar-refractivity contribution in [1.29, 1.82) is 0 Å². The van der Waals surface area contributed by atoms with Crippen molar-refractivity contribution in [2.75, 3.05) is 6.61 Å². The molecule has 0 aliphatic rings. The third-order valence-corrected chi connectivity index (χ3v) is 4.27. The molecule has 3 rings (SSSR count). The molecule has 6 nitrogen and oxygen atoms in total. The van der Waals surface area contributed by atoms with Crippen LogP contribution in [0.25, 0.3) is 16.7 Å². The monoisotopic (exact) mass is 395 g/mol. The minimum absolute atomic E-state index is 0.0135. The molecule has 0 aliphatic carbocycles.